The Morgan fingerprint density at radius 3 is 2.50 bits per heavy atom. The van der Waals surface area contributed by atoms with Gasteiger partial charge in [-0.05, 0) is 31.9 Å². The molecule has 1 N–H and O–H groups in total. The van der Waals surface area contributed by atoms with Crippen molar-refractivity contribution in [3.63, 3.8) is 0 Å². The summed E-state index contributed by atoms with van der Waals surface area (Å²) in [5.74, 6) is 0. The predicted molar refractivity (Wildman–Crippen MR) is 76.1 cm³/mol. The van der Waals surface area contributed by atoms with Crippen LogP contribution in [0.25, 0.3) is 0 Å². The van der Waals surface area contributed by atoms with Gasteiger partial charge in [-0.3, -0.25) is 0 Å². The van der Waals surface area contributed by atoms with Crippen molar-refractivity contribution in [3.8, 4) is 0 Å². The lowest BCUT2D eigenvalue weighted by Crippen LogP contribution is -2.39. The van der Waals surface area contributed by atoms with Gasteiger partial charge >= 0.3 is 0 Å². The molecule has 0 aromatic heterocycles. The van der Waals surface area contributed by atoms with Gasteiger partial charge in [-0.25, -0.2) is 0 Å². The number of hydrogen-bond donors (Lipinski definition) is 1. The monoisotopic (exact) mass is 248 g/mol. The maximum Gasteiger partial charge on any atom is 0.0595 e. The lowest BCUT2D eigenvalue weighted by atomic mass is 10.1. The van der Waals surface area contributed by atoms with Crippen LogP contribution in [0.2, 0.25) is 0 Å². The Labute approximate surface area is 110 Å². The van der Waals surface area contributed by atoms with Gasteiger partial charge in [0.25, 0.3) is 0 Å². The Hall–Kier alpha value is -1.06. The summed E-state index contributed by atoms with van der Waals surface area (Å²) in [4.78, 5) is 2.51. The molecule has 3 nitrogen and oxygen atoms in total. The second kappa shape index (κ2) is 6.76. The maximum absolute atomic E-state index is 5.38. The standard InChI is InChI=1S/C15H24N2O/c1-13-3-5-14(6-4-13)16-9-12-17-10-7-15(18-2)8-11-17/h3-6,15-16H,7-12H2,1-2H3. The minimum Gasteiger partial charge on any atom is -0.384 e. The number of aryl methyl sites for hydroxylation is 1. The van der Waals surface area contributed by atoms with E-state index in [1.54, 1.807) is 0 Å². The van der Waals surface area contributed by atoms with Crippen LogP contribution in [0.4, 0.5) is 5.69 Å². The normalized spacial score (nSPS) is 17.9. The van der Waals surface area contributed by atoms with Gasteiger partial charge in [0.1, 0.15) is 0 Å². The third-order valence-electron chi connectivity index (χ3n) is 3.68. The molecule has 18 heavy (non-hydrogen) atoms. The van der Waals surface area contributed by atoms with E-state index in [2.05, 4.69) is 41.4 Å². The minimum atomic E-state index is 0.478. The van der Waals surface area contributed by atoms with E-state index >= 15 is 0 Å². The Morgan fingerprint density at radius 2 is 1.89 bits per heavy atom. The van der Waals surface area contributed by atoms with Crippen molar-refractivity contribution in [2.45, 2.75) is 25.9 Å². The summed E-state index contributed by atoms with van der Waals surface area (Å²) in [6.45, 7) is 6.57. The molecule has 0 unspecified atom stereocenters. The molecule has 1 fully saturated rings. The summed E-state index contributed by atoms with van der Waals surface area (Å²) < 4.78 is 5.38. The van der Waals surface area contributed by atoms with Crippen molar-refractivity contribution in [1.82, 2.24) is 4.90 Å². The number of benzene rings is 1. The molecular weight excluding hydrogens is 224 g/mol. The van der Waals surface area contributed by atoms with E-state index < -0.39 is 0 Å². The number of piperidine rings is 1. The molecule has 0 aliphatic carbocycles. The van der Waals surface area contributed by atoms with E-state index in [0.717, 1.165) is 26.2 Å². The zero-order valence-corrected chi connectivity index (χ0v) is 11.5. The van der Waals surface area contributed by atoms with Crippen molar-refractivity contribution in [3.05, 3.63) is 29.8 Å². The van der Waals surface area contributed by atoms with Gasteiger partial charge in [0.2, 0.25) is 0 Å². The van der Waals surface area contributed by atoms with Crippen LogP contribution < -0.4 is 5.32 Å². The number of nitrogens with zero attached hydrogens (tertiary/aromatic N) is 1. The first-order valence-electron chi connectivity index (χ1n) is 6.83. The lowest BCUT2D eigenvalue weighted by molar-refractivity contribution is 0.0423. The van der Waals surface area contributed by atoms with Gasteiger partial charge in [0, 0.05) is 39.0 Å². The highest BCUT2D eigenvalue weighted by molar-refractivity contribution is 5.44. The molecule has 0 amide bonds. The van der Waals surface area contributed by atoms with Crippen LogP contribution in [0, 0.1) is 6.92 Å². The smallest absolute Gasteiger partial charge is 0.0595 e. The molecule has 100 valence electrons. The first kappa shape index (κ1) is 13.4. The van der Waals surface area contributed by atoms with Crippen molar-refractivity contribution >= 4 is 5.69 Å². The first-order chi connectivity index (χ1) is 8.78. The van der Waals surface area contributed by atoms with Crippen molar-refractivity contribution in [2.75, 3.05) is 38.6 Å². The van der Waals surface area contributed by atoms with E-state index in [4.69, 9.17) is 4.74 Å². The minimum absolute atomic E-state index is 0.478. The average Bonchev–Trinajstić information content (AvgIpc) is 2.42. The van der Waals surface area contributed by atoms with Crippen LogP contribution in [0.5, 0.6) is 0 Å². The molecule has 1 aliphatic heterocycles. The summed E-state index contributed by atoms with van der Waals surface area (Å²) in [7, 11) is 1.82. The van der Waals surface area contributed by atoms with E-state index in [1.165, 1.54) is 24.1 Å². The van der Waals surface area contributed by atoms with Gasteiger partial charge in [-0.2, -0.15) is 0 Å². The molecule has 0 radical (unpaired) electrons. The molecule has 0 saturated carbocycles. The highest BCUT2D eigenvalue weighted by Gasteiger charge is 2.17. The van der Waals surface area contributed by atoms with Gasteiger partial charge in [-0.15, -0.1) is 0 Å². The van der Waals surface area contributed by atoms with Crippen LogP contribution in [0.3, 0.4) is 0 Å². The number of hydrogen-bond acceptors (Lipinski definition) is 3. The van der Waals surface area contributed by atoms with E-state index in [9.17, 15) is 0 Å². The number of methoxy groups -OCH3 is 1. The fraction of sp³-hybridized carbons (Fsp3) is 0.600. The van der Waals surface area contributed by atoms with Crippen LogP contribution in [-0.2, 0) is 4.74 Å². The molecule has 0 spiro atoms. The maximum atomic E-state index is 5.38. The number of rotatable bonds is 5. The predicted octanol–water partition coefficient (Wildman–Crippen LogP) is 2.52. The summed E-state index contributed by atoms with van der Waals surface area (Å²) >= 11 is 0. The number of likely N-dealkylation sites (tertiary alicyclic amines) is 1. The SMILES string of the molecule is COC1CCN(CCNc2ccc(C)cc2)CC1. The summed E-state index contributed by atoms with van der Waals surface area (Å²) in [6, 6.07) is 8.58. The Kier molecular flexibility index (Phi) is 5.02. The van der Waals surface area contributed by atoms with Gasteiger partial charge in [0.05, 0.1) is 6.10 Å². The fourth-order valence-corrected chi connectivity index (χ4v) is 2.40. The molecule has 1 aromatic rings. The largest absolute Gasteiger partial charge is 0.384 e. The molecular formula is C15H24N2O. The molecule has 1 heterocycles. The molecule has 1 saturated heterocycles. The fourth-order valence-electron chi connectivity index (χ4n) is 2.40. The van der Waals surface area contributed by atoms with Crippen LogP contribution >= 0.6 is 0 Å². The zero-order valence-electron chi connectivity index (χ0n) is 11.5. The topological polar surface area (TPSA) is 24.5 Å². The highest BCUT2D eigenvalue weighted by Crippen LogP contribution is 2.13. The molecule has 1 aliphatic rings. The summed E-state index contributed by atoms with van der Waals surface area (Å²) in [5.41, 5.74) is 2.52. The number of ether oxygens (including phenoxy) is 1. The summed E-state index contributed by atoms with van der Waals surface area (Å²) in [5, 5.41) is 3.47. The Morgan fingerprint density at radius 1 is 1.22 bits per heavy atom. The van der Waals surface area contributed by atoms with E-state index in [0.29, 0.717) is 6.10 Å². The average molecular weight is 248 g/mol. The molecule has 2 rings (SSSR count). The van der Waals surface area contributed by atoms with Crippen molar-refractivity contribution in [2.24, 2.45) is 0 Å². The summed E-state index contributed by atoms with van der Waals surface area (Å²) in [6.07, 6.45) is 2.81. The van der Waals surface area contributed by atoms with E-state index in [1.807, 2.05) is 7.11 Å². The third kappa shape index (κ3) is 4.00. The molecule has 0 atom stereocenters. The Balaban J connectivity index is 1.65. The third-order valence-corrected chi connectivity index (χ3v) is 3.68. The van der Waals surface area contributed by atoms with E-state index in [-0.39, 0.29) is 0 Å². The van der Waals surface area contributed by atoms with Gasteiger partial charge in [-0.1, -0.05) is 17.7 Å². The highest BCUT2D eigenvalue weighted by atomic mass is 16.5. The van der Waals surface area contributed by atoms with Crippen LogP contribution in [-0.4, -0.2) is 44.3 Å². The zero-order chi connectivity index (χ0) is 12.8. The first-order valence-corrected chi connectivity index (χ1v) is 6.83. The lowest BCUT2D eigenvalue weighted by Gasteiger charge is -2.31. The van der Waals surface area contributed by atoms with Crippen molar-refractivity contribution in [1.29, 1.82) is 0 Å². The van der Waals surface area contributed by atoms with Gasteiger partial charge < -0.3 is 15.0 Å². The van der Waals surface area contributed by atoms with Crippen molar-refractivity contribution < 1.29 is 4.74 Å². The van der Waals surface area contributed by atoms with Crippen LogP contribution in [0.15, 0.2) is 24.3 Å². The quantitative estimate of drug-likeness (QED) is 0.866. The second-order valence-corrected chi connectivity index (χ2v) is 5.07. The van der Waals surface area contributed by atoms with Crippen LogP contribution in [0.1, 0.15) is 18.4 Å². The molecule has 3 heteroatoms. The Bertz CT molecular complexity index is 342. The second-order valence-electron chi connectivity index (χ2n) is 5.07. The number of anilines is 1. The number of nitrogens with one attached hydrogen (secondary N) is 1. The molecule has 0 bridgehead atoms. The van der Waals surface area contributed by atoms with Gasteiger partial charge in [0.15, 0.2) is 0 Å². The molecule has 1 aromatic carbocycles.